The molecule has 1 N–H and O–H groups in total. The van der Waals surface area contributed by atoms with Crippen molar-refractivity contribution < 1.29 is 9.90 Å². The molecule has 0 bridgehead atoms. The van der Waals surface area contributed by atoms with Crippen molar-refractivity contribution in [3.8, 4) is 11.3 Å². The van der Waals surface area contributed by atoms with Crippen LogP contribution in [0.25, 0.3) is 11.3 Å². The van der Waals surface area contributed by atoms with Crippen LogP contribution < -0.4 is 0 Å². The summed E-state index contributed by atoms with van der Waals surface area (Å²) < 4.78 is 1.88. The average Bonchev–Trinajstić information content (AvgIpc) is 3.05. The van der Waals surface area contributed by atoms with Gasteiger partial charge in [0.05, 0.1) is 18.3 Å². The van der Waals surface area contributed by atoms with Crippen molar-refractivity contribution >= 4 is 17.5 Å². The molecule has 1 aliphatic heterocycles. The van der Waals surface area contributed by atoms with E-state index in [0.717, 1.165) is 30.5 Å². The first kappa shape index (κ1) is 18.0. The number of carbonyl (C=O) groups is 1. The van der Waals surface area contributed by atoms with Crippen LogP contribution in [0.1, 0.15) is 49.1 Å². The molecule has 1 aromatic carbocycles. The molecule has 3 rings (SSSR count). The fourth-order valence-electron chi connectivity index (χ4n) is 3.33. The average molecular weight is 362 g/mol. The highest BCUT2D eigenvalue weighted by molar-refractivity contribution is 6.30. The molecule has 5 nitrogen and oxygen atoms in total. The Morgan fingerprint density at radius 1 is 1.28 bits per heavy atom. The van der Waals surface area contributed by atoms with Crippen LogP contribution in [0.4, 0.5) is 0 Å². The van der Waals surface area contributed by atoms with E-state index in [2.05, 4.69) is 6.92 Å². The van der Waals surface area contributed by atoms with Crippen molar-refractivity contribution in [3.63, 3.8) is 0 Å². The maximum atomic E-state index is 12.7. The summed E-state index contributed by atoms with van der Waals surface area (Å²) in [6.07, 6.45) is 4.43. The molecular formula is C19H24ClN3O2. The molecular weight excluding hydrogens is 338 g/mol. The highest BCUT2D eigenvalue weighted by atomic mass is 35.5. The number of carbonyl (C=O) groups excluding carboxylic acids is 1. The standard InChI is InChI=1S/C19H24ClN3O2/c1-2-3-4-5-16-13-22(10-11-24)19(25)18-12-17(21-23(16)18)14-6-8-15(20)9-7-14/h6-9,12,16,24H,2-5,10-11,13H2,1H3. The normalized spacial score (nSPS) is 17.0. The van der Waals surface area contributed by atoms with Gasteiger partial charge in [0.25, 0.3) is 5.91 Å². The third-order valence-electron chi connectivity index (χ3n) is 4.67. The Hall–Kier alpha value is -1.85. The molecule has 0 saturated heterocycles. The number of rotatable bonds is 7. The van der Waals surface area contributed by atoms with Crippen LogP contribution >= 0.6 is 11.6 Å². The van der Waals surface area contributed by atoms with Gasteiger partial charge in [-0.05, 0) is 24.6 Å². The van der Waals surface area contributed by atoms with Crippen LogP contribution in [-0.2, 0) is 0 Å². The lowest BCUT2D eigenvalue weighted by molar-refractivity contribution is 0.0611. The smallest absolute Gasteiger partial charge is 0.272 e. The van der Waals surface area contributed by atoms with Gasteiger partial charge in [0, 0.05) is 23.7 Å². The zero-order valence-corrected chi connectivity index (χ0v) is 15.2. The maximum absolute atomic E-state index is 12.7. The molecule has 0 aliphatic carbocycles. The second-order valence-corrected chi connectivity index (χ2v) is 6.93. The van der Waals surface area contributed by atoms with Crippen LogP contribution in [0.5, 0.6) is 0 Å². The Morgan fingerprint density at radius 2 is 2.04 bits per heavy atom. The lowest BCUT2D eigenvalue weighted by atomic mass is 10.1. The number of unbranched alkanes of at least 4 members (excludes halogenated alkanes) is 2. The van der Waals surface area contributed by atoms with E-state index in [1.54, 1.807) is 4.90 Å². The number of nitrogens with zero attached hydrogens (tertiary/aromatic N) is 3. The van der Waals surface area contributed by atoms with E-state index >= 15 is 0 Å². The SMILES string of the molecule is CCCCCC1CN(CCO)C(=O)c2cc(-c3ccc(Cl)cc3)nn21. The first-order valence-corrected chi connectivity index (χ1v) is 9.27. The van der Waals surface area contributed by atoms with Gasteiger partial charge in [-0.3, -0.25) is 9.48 Å². The van der Waals surface area contributed by atoms with Crippen molar-refractivity contribution in [1.29, 1.82) is 0 Å². The maximum Gasteiger partial charge on any atom is 0.272 e. The van der Waals surface area contributed by atoms with Gasteiger partial charge in [-0.1, -0.05) is 49.9 Å². The molecule has 2 heterocycles. The third-order valence-corrected chi connectivity index (χ3v) is 4.92. The van der Waals surface area contributed by atoms with Crippen LogP contribution in [0, 0.1) is 0 Å². The number of β-amino-alcohol motifs (C(OH)–C–C–N with tert-alkyl or cyclic N) is 1. The second kappa shape index (κ2) is 8.02. The molecule has 1 aromatic heterocycles. The predicted octanol–water partition coefficient (Wildman–Crippen LogP) is 3.77. The number of aliphatic hydroxyl groups is 1. The molecule has 2 aromatic rings. The van der Waals surface area contributed by atoms with Gasteiger partial charge in [0.2, 0.25) is 0 Å². The fourth-order valence-corrected chi connectivity index (χ4v) is 3.45. The van der Waals surface area contributed by atoms with Crippen molar-refractivity contribution in [2.45, 2.75) is 38.6 Å². The Bertz CT molecular complexity index is 727. The summed E-state index contributed by atoms with van der Waals surface area (Å²) in [5.41, 5.74) is 2.33. The quantitative estimate of drug-likeness (QED) is 0.763. The third kappa shape index (κ3) is 3.88. The van der Waals surface area contributed by atoms with Gasteiger partial charge in [0.1, 0.15) is 5.69 Å². The van der Waals surface area contributed by atoms with Gasteiger partial charge in [-0.15, -0.1) is 0 Å². The Balaban J connectivity index is 1.92. The molecule has 0 saturated carbocycles. The summed E-state index contributed by atoms with van der Waals surface area (Å²) in [6.45, 7) is 3.13. The molecule has 1 atom stereocenters. The minimum absolute atomic E-state index is 0.0222. The highest BCUT2D eigenvalue weighted by Crippen LogP contribution is 2.29. The number of aliphatic hydroxyl groups excluding tert-OH is 1. The van der Waals surface area contributed by atoms with E-state index in [4.69, 9.17) is 16.7 Å². The van der Waals surface area contributed by atoms with E-state index in [1.807, 2.05) is 35.0 Å². The molecule has 25 heavy (non-hydrogen) atoms. The number of hydrogen-bond acceptors (Lipinski definition) is 3. The first-order chi connectivity index (χ1) is 12.1. The summed E-state index contributed by atoms with van der Waals surface area (Å²) in [6, 6.07) is 9.49. The van der Waals surface area contributed by atoms with E-state index in [0.29, 0.717) is 23.8 Å². The van der Waals surface area contributed by atoms with Crippen molar-refractivity contribution in [1.82, 2.24) is 14.7 Å². The van der Waals surface area contributed by atoms with Gasteiger partial charge >= 0.3 is 0 Å². The number of amides is 1. The van der Waals surface area contributed by atoms with E-state index < -0.39 is 0 Å². The largest absolute Gasteiger partial charge is 0.395 e. The summed E-state index contributed by atoms with van der Waals surface area (Å²) in [7, 11) is 0. The molecule has 1 unspecified atom stereocenters. The monoisotopic (exact) mass is 361 g/mol. The second-order valence-electron chi connectivity index (χ2n) is 6.49. The fraction of sp³-hybridized carbons (Fsp3) is 0.474. The molecule has 0 fully saturated rings. The van der Waals surface area contributed by atoms with Gasteiger partial charge < -0.3 is 10.0 Å². The van der Waals surface area contributed by atoms with Crippen molar-refractivity contribution in [2.75, 3.05) is 19.7 Å². The number of benzene rings is 1. The van der Waals surface area contributed by atoms with Crippen molar-refractivity contribution in [2.24, 2.45) is 0 Å². The summed E-state index contributed by atoms with van der Waals surface area (Å²) in [4.78, 5) is 14.4. The molecule has 0 radical (unpaired) electrons. The summed E-state index contributed by atoms with van der Waals surface area (Å²) in [5.74, 6) is -0.0616. The number of halogens is 1. The molecule has 134 valence electrons. The Labute approximate surface area is 153 Å². The Kier molecular flexibility index (Phi) is 5.76. The van der Waals surface area contributed by atoms with Crippen LogP contribution in [0.15, 0.2) is 30.3 Å². The van der Waals surface area contributed by atoms with Crippen LogP contribution in [0.3, 0.4) is 0 Å². The molecule has 1 aliphatic rings. The zero-order chi connectivity index (χ0) is 17.8. The highest BCUT2D eigenvalue weighted by Gasteiger charge is 2.32. The predicted molar refractivity (Wildman–Crippen MR) is 98.8 cm³/mol. The zero-order valence-electron chi connectivity index (χ0n) is 14.5. The number of fused-ring (bicyclic) bond motifs is 1. The van der Waals surface area contributed by atoms with Crippen molar-refractivity contribution in [3.05, 3.63) is 41.0 Å². The van der Waals surface area contributed by atoms with E-state index in [-0.39, 0.29) is 18.6 Å². The lowest BCUT2D eigenvalue weighted by Gasteiger charge is -2.33. The first-order valence-electron chi connectivity index (χ1n) is 8.89. The number of hydrogen-bond donors (Lipinski definition) is 1. The minimum atomic E-state index is -0.0616. The molecule has 1 amide bonds. The van der Waals surface area contributed by atoms with Gasteiger partial charge in [-0.25, -0.2) is 0 Å². The molecule has 6 heteroatoms. The summed E-state index contributed by atoms with van der Waals surface area (Å²) in [5, 5.41) is 14.7. The van der Waals surface area contributed by atoms with E-state index in [1.165, 1.54) is 6.42 Å². The molecule has 0 spiro atoms. The Morgan fingerprint density at radius 3 is 2.72 bits per heavy atom. The summed E-state index contributed by atoms with van der Waals surface area (Å²) >= 11 is 5.96. The number of aromatic nitrogens is 2. The lowest BCUT2D eigenvalue weighted by Crippen LogP contribution is -2.44. The van der Waals surface area contributed by atoms with Crippen LogP contribution in [0.2, 0.25) is 5.02 Å². The van der Waals surface area contributed by atoms with Gasteiger partial charge in [-0.2, -0.15) is 5.10 Å². The van der Waals surface area contributed by atoms with Crippen LogP contribution in [-0.4, -0.2) is 45.4 Å². The topological polar surface area (TPSA) is 58.4 Å². The van der Waals surface area contributed by atoms with Gasteiger partial charge in [0.15, 0.2) is 0 Å². The van der Waals surface area contributed by atoms with E-state index in [9.17, 15) is 9.90 Å². The minimum Gasteiger partial charge on any atom is -0.395 e.